The van der Waals surface area contributed by atoms with Gasteiger partial charge in [-0.2, -0.15) is 0 Å². The molecule has 3 aromatic carbocycles. The minimum Gasteiger partial charge on any atom is -0.481 e. The molecular formula is C22H19F2NO2. The third-order valence-electron chi connectivity index (χ3n) is 4.13. The average Bonchev–Trinajstić information content (AvgIpc) is 2.70. The van der Waals surface area contributed by atoms with Gasteiger partial charge in [-0.25, -0.2) is 8.78 Å². The number of hydrogen-bond donors (Lipinski definition) is 1. The lowest BCUT2D eigenvalue weighted by Crippen LogP contribution is -2.39. The molecule has 0 heterocycles. The van der Waals surface area contributed by atoms with Crippen LogP contribution in [0.25, 0.3) is 0 Å². The second-order valence-electron chi connectivity index (χ2n) is 6.10. The number of carbonyl (C=O) groups is 1. The Balaban J connectivity index is 1.76. The predicted octanol–water partition coefficient (Wildman–Crippen LogP) is 4.64. The van der Waals surface area contributed by atoms with Gasteiger partial charge in [-0.3, -0.25) is 4.79 Å². The Morgan fingerprint density at radius 3 is 1.93 bits per heavy atom. The van der Waals surface area contributed by atoms with Crippen molar-refractivity contribution in [1.82, 2.24) is 5.32 Å². The van der Waals surface area contributed by atoms with E-state index in [1.165, 1.54) is 6.07 Å². The van der Waals surface area contributed by atoms with E-state index in [0.717, 1.165) is 23.3 Å². The average molecular weight is 367 g/mol. The maximum absolute atomic E-state index is 13.3. The zero-order valence-corrected chi connectivity index (χ0v) is 14.7. The number of amides is 1. The molecule has 5 heteroatoms. The van der Waals surface area contributed by atoms with E-state index in [4.69, 9.17) is 4.74 Å². The summed E-state index contributed by atoms with van der Waals surface area (Å²) >= 11 is 0. The molecule has 0 aliphatic rings. The van der Waals surface area contributed by atoms with Crippen LogP contribution in [-0.2, 0) is 4.79 Å². The molecular weight excluding hydrogens is 348 g/mol. The van der Waals surface area contributed by atoms with Crippen LogP contribution in [0.4, 0.5) is 8.78 Å². The van der Waals surface area contributed by atoms with E-state index in [0.29, 0.717) is 0 Å². The molecule has 3 nitrogen and oxygen atoms in total. The molecule has 0 aliphatic heterocycles. The largest absolute Gasteiger partial charge is 0.481 e. The van der Waals surface area contributed by atoms with Gasteiger partial charge in [0.2, 0.25) is 0 Å². The van der Waals surface area contributed by atoms with Gasteiger partial charge >= 0.3 is 0 Å². The zero-order chi connectivity index (χ0) is 19.2. The molecule has 0 spiro atoms. The summed E-state index contributed by atoms with van der Waals surface area (Å²) in [6, 6.07) is 22.0. The summed E-state index contributed by atoms with van der Waals surface area (Å²) in [6.45, 7) is 1.56. The van der Waals surface area contributed by atoms with Crippen LogP contribution in [0, 0.1) is 11.6 Å². The van der Waals surface area contributed by atoms with Crippen molar-refractivity contribution in [2.75, 3.05) is 0 Å². The summed E-state index contributed by atoms with van der Waals surface area (Å²) in [6.07, 6.45) is -0.884. The Morgan fingerprint density at radius 1 is 0.852 bits per heavy atom. The van der Waals surface area contributed by atoms with Crippen molar-refractivity contribution in [3.8, 4) is 5.75 Å². The summed E-state index contributed by atoms with van der Waals surface area (Å²) in [7, 11) is 0. The number of hydrogen-bond acceptors (Lipinski definition) is 2. The summed E-state index contributed by atoms with van der Waals surface area (Å²) in [5.41, 5.74) is 1.86. The van der Waals surface area contributed by atoms with Crippen LogP contribution in [-0.4, -0.2) is 12.0 Å². The number of rotatable bonds is 6. The van der Waals surface area contributed by atoms with E-state index in [9.17, 15) is 13.6 Å². The van der Waals surface area contributed by atoms with Crippen LogP contribution in [0.1, 0.15) is 24.1 Å². The van der Waals surface area contributed by atoms with Crippen molar-refractivity contribution in [1.29, 1.82) is 0 Å². The number of ether oxygens (including phenoxy) is 1. The first kappa shape index (κ1) is 18.6. The van der Waals surface area contributed by atoms with Crippen LogP contribution in [0.5, 0.6) is 5.75 Å². The highest BCUT2D eigenvalue weighted by Gasteiger charge is 2.22. The maximum atomic E-state index is 13.3. The molecule has 0 radical (unpaired) electrons. The van der Waals surface area contributed by atoms with Crippen molar-refractivity contribution in [3.05, 3.63) is 102 Å². The normalized spacial score (nSPS) is 11.9. The fraction of sp³-hybridized carbons (Fsp3) is 0.136. The minimum absolute atomic E-state index is 0.0903. The molecule has 3 rings (SSSR count). The highest BCUT2D eigenvalue weighted by atomic mass is 19.2. The first-order valence-corrected chi connectivity index (χ1v) is 8.56. The number of halogens is 2. The smallest absolute Gasteiger partial charge is 0.261 e. The molecule has 0 aromatic heterocycles. The van der Waals surface area contributed by atoms with E-state index >= 15 is 0 Å². The fourth-order valence-electron chi connectivity index (χ4n) is 2.72. The lowest BCUT2D eigenvalue weighted by molar-refractivity contribution is -0.127. The van der Waals surface area contributed by atoms with Gasteiger partial charge in [0.15, 0.2) is 17.7 Å². The zero-order valence-electron chi connectivity index (χ0n) is 14.7. The molecule has 138 valence electrons. The monoisotopic (exact) mass is 367 g/mol. The van der Waals surface area contributed by atoms with Crippen LogP contribution in [0.15, 0.2) is 78.9 Å². The van der Waals surface area contributed by atoms with Gasteiger partial charge < -0.3 is 10.1 Å². The van der Waals surface area contributed by atoms with Gasteiger partial charge in [-0.15, -0.1) is 0 Å². The molecule has 1 amide bonds. The van der Waals surface area contributed by atoms with Crippen LogP contribution >= 0.6 is 0 Å². The molecule has 3 aromatic rings. The Hall–Kier alpha value is -3.21. The number of benzene rings is 3. The lowest BCUT2D eigenvalue weighted by atomic mass is 9.98. The van der Waals surface area contributed by atoms with Gasteiger partial charge in [0.05, 0.1) is 6.04 Å². The van der Waals surface area contributed by atoms with E-state index in [2.05, 4.69) is 5.32 Å². The van der Waals surface area contributed by atoms with Crippen molar-refractivity contribution in [2.24, 2.45) is 0 Å². The molecule has 0 aliphatic carbocycles. The van der Waals surface area contributed by atoms with E-state index in [1.807, 2.05) is 60.7 Å². The van der Waals surface area contributed by atoms with Crippen molar-refractivity contribution in [2.45, 2.75) is 19.1 Å². The lowest BCUT2D eigenvalue weighted by Gasteiger charge is -2.22. The second-order valence-corrected chi connectivity index (χ2v) is 6.10. The Morgan fingerprint density at radius 2 is 1.41 bits per heavy atom. The molecule has 0 saturated heterocycles. The topological polar surface area (TPSA) is 38.3 Å². The molecule has 1 N–H and O–H groups in total. The minimum atomic E-state index is -1.02. The highest BCUT2D eigenvalue weighted by Crippen LogP contribution is 2.22. The fourth-order valence-corrected chi connectivity index (χ4v) is 2.72. The molecule has 1 atom stereocenters. The first-order chi connectivity index (χ1) is 13.0. The summed E-state index contributed by atoms with van der Waals surface area (Å²) in [5, 5.41) is 2.96. The van der Waals surface area contributed by atoms with Gasteiger partial charge in [0.25, 0.3) is 5.91 Å². The molecule has 0 fully saturated rings. The van der Waals surface area contributed by atoms with Gasteiger partial charge in [-0.1, -0.05) is 60.7 Å². The predicted molar refractivity (Wildman–Crippen MR) is 99.3 cm³/mol. The molecule has 0 saturated carbocycles. The number of nitrogens with one attached hydrogen (secondary N) is 1. The number of carbonyl (C=O) groups excluding carboxylic acids is 1. The quantitative estimate of drug-likeness (QED) is 0.689. The summed E-state index contributed by atoms with van der Waals surface area (Å²) in [4.78, 5) is 12.7. The Kier molecular flexibility index (Phi) is 5.81. The van der Waals surface area contributed by atoms with E-state index in [-0.39, 0.29) is 17.7 Å². The first-order valence-electron chi connectivity index (χ1n) is 8.56. The molecule has 1 unspecified atom stereocenters. The van der Waals surface area contributed by atoms with Crippen LogP contribution < -0.4 is 10.1 Å². The van der Waals surface area contributed by atoms with Crippen molar-refractivity contribution in [3.63, 3.8) is 0 Å². The van der Waals surface area contributed by atoms with E-state index in [1.54, 1.807) is 6.92 Å². The Bertz CT molecular complexity index is 861. The standard InChI is InChI=1S/C22H19F2NO2/c1-15(27-18-12-13-19(23)20(24)14-18)22(26)25-21(16-8-4-2-5-9-16)17-10-6-3-7-11-17/h2-15,21H,1H3,(H,25,26). The molecule has 0 bridgehead atoms. The van der Waals surface area contributed by atoms with Gasteiger partial charge in [-0.05, 0) is 30.2 Å². The van der Waals surface area contributed by atoms with Gasteiger partial charge in [0.1, 0.15) is 5.75 Å². The van der Waals surface area contributed by atoms with Crippen molar-refractivity contribution >= 4 is 5.91 Å². The third kappa shape index (κ3) is 4.70. The van der Waals surface area contributed by atoms with E-state index < -0.39 is 17.7 Å². The van der Waals surface area contributed by atoms with Crippen LogP contribution in [0.2, 0.25) is 0 Å². The summed E-state index contributed by atoms with van der Waals surface area (Å²) in [5.74, 6) is -2.26. The maximum Gasteiger partial charge on any atom is 0.261 e. The second kappa shape index (κ2) is 8.45. The van der Waals surface area contributed by atoms with Crippen molar-refractivity contribution < 1.29 is 18.3 Å². The SMILES string of the molecule is CC(Oc1ccc(F)c(F)c1)C(=O)NC(c1ccccc1)c1ccccc1. The summed E-state index contributed by atoms with van der Waals surface area (Å²) < 4.78 is 31.8. The van der Waals surface area contributed by atoms with Crippen LogP contribution in [0.3, 0.4) is 0 Å². The highest BCUT2D eigenvalue weighted by molar-refractivity contribution is 5.81. The molecule has 27 heavy (non-hydrogen) atoms. The van der Waals surface area contributed by atoms with Gasteiger partial charge in [0, 0.05) is 6.07 Å². The third-order valence-corrected chi connectivity index (χ3v) is 4.13. The Labute approximate surface area is 156 Å².